The Hall–Kier alpha value is -4.24. The standard InChI is InChI=1S/C27H27N7O2/c1-17-16-36-11-10-34(17)27(35)24-12-19-2-3-20(13-23(19)32-24)26-28-9-8-25(33-26)31-22-6-4-18(5-7-22)21-14-29-30-15-21/h2-9,12-14,17,21,30,32H,10-11,15-16H2,1H3,(H,28,31,33). The van der Waals surface area contributed by atoms with Gasteiger partial charge < -0.3 is 25.4 Å². The monoisotopic (exact) mass is 481 g/mol. The van der Waals surface area contributed by atoms with E-state index >= 15 is 0 Å². The lowest BCUT2D eigenvalue weighted by atomic mass is 10.0. The van der Waals surface area contributed by atoms with Crippen LogP contribution in [0.2, 0.25) is 0 Å². The van der Waals surface area contributed by atoms with E-state index in [1.807, 2.05) is 60.5 Å². The van der Waals surface area contributed by atoms with Crippen molar-refractivity contribution in [3.05, 3.63) is 72.1 Å². The number of carbonyl (C=O) groups excluding carboxylic acids is 1. The van der Waals surface area contributed by atoms with Gasteiger partial charge in [-0.15, -0.1) is 0 Å². The number of morpholine rings is 1. The van der Waals surface area contributed by atoms with E-state index in [0.717, 1.165) is 28.7 Å². The van der Waals surface area contributed by atoms with Crippen LogP contribution in [0, 0.1) is 0 Å². The van der Waals surface area contributed by atoms with E-state index < -0.39 is 0 Å². The minimum absolute atomic E-state index is 0.00602. The highest BCUT2D eigenvalue weighted by atomic mass is 16.5. The summed E-state index contributed by atoms with van der Waals surface area (Å²) in [6.45, 7) is 4.57. The average Bonchev–Trinajstić information content (AvgIpc) is 3.59. The summed E-state index contributed by atoms with van der Waals surface area (Å²) >= 11 is 0. The van der Waals surface area contributed by atoms with Crippen molar-refractivity contribution in [2.24, 2.45) is 5.10 Å². The molecule has 4 aromatic rings. The maximum atomic E-state index is 13.0. The molecule has 2 unspecified atom stereocenters. The molecule has 6 rings (SSSR count). The number of nitrogens with one attached hydrogen (secondary N) is 3. The fourth-order valence-electron chi connectivity index (χ4n) is 4.64. The Morgan fingerprint density at radius 3 is 2.83 bits per heavy atom. The summed E-state index contributed by atoms with van der Waals surface area (Å²) < 4.78 is 5.46. The molecule has 4 heterocycles. The van der Waals surface area contributed by atoms with Gasteiger partial charge in [-0.3, -0.25) is 4.79 Å². The zero-order valence-corrected chi connectivity index (χ0v) is 19.9. The Balaban J connectivity index is 1.20. The van der Waals surface area contributed by atoms with Crippen LogP contribution in [-0.2, 0) is 4.74 Å². The third kappa shape index (κ3) is 4.40. The number of aromatic nitrogens is 3. The van der Waals surface area contributed by atoms with Crippen LogP contribution in [0.1, 0.15) is 28.9 Å². The van der Waals surface area contributed by atoms with E-state index in [1.54, 1.807) is 6.20 Å². The molecule has 36 heavy (non-hydrogen) atoms. The molecule has 2 aromatic carbocycles. The number of nitrogens with zero attached hydrogens (tertiary/aromatic N) is 4. The van der Waals surface area contributed by atoms with Crippen LogP contribution in [0.15, 0.2) is 65.9 Å². The van der Waals surface area contributed by atoms with Crippen molar-refractivity contribution >= 4 is 34.5 Å². The largest absolute Gasteiger partial charge is 0.377 e. The number of ether oxygens (including phenoxy) is 1. The predicted molar refractivity (Wildman–Crippen MR) is 140 cm³/mol. The number of hydrazone groups is 1. The summed E-state index contributed by atoms with van der Waals surface area (Å²) in [5.41, 5.74) is 7.49. The van der Waals surface area contributed by atoms with Gasteiger partial charge in [-0.2, -0.15) is 5.10 Å². The third-order valence-corrected chi connectivity index (χ3v) is 6.66. The molecule has 0 spiro atoms. The van der Waals surface area contributed by atoms with Gasteiger partial charge in [0.2, 0.25) is 0 Å². The van der Waals surface area contributed by atoms with Gasteiger partial charge in [0.05, 0.1) is 19.3 Å². The summed E-state index contributed by atoms with van der Waals surface area (Å²) in [6.07, 6.45) is 3.68. The van der Waals surface area contributed by atoms with Gasteiger partial charge in [0.25, 0.3) is 5.91 Å². The van der Waals surface area contributed by atoms with Crippen LogP contribution in [0.4, 0.5) is 11.5 Å². The number of rotatable bonds is 5. The Kier molecular flexibility index (Phi) is 5.82. The molecule has 9 heteroatoms. The van der Waals surface area contributed by atoms with Gasteiger partial charge in [0.1, 0.15) is 11.5 Å². The Labute approximate surface area is 208 Å². The van der Waals surface area contributed by atoms with E-state index in [9.17, 15) is 4.79 Å². The highest BCUT2D eigenvalue weighted by Gasteiger charge is 2.26. The zero-order chi connectivity index (χ0) is 24.5. The zero-order valence-electron chi connectivity index (χ0n) is 19.9. The van der Waals surface area contributed by atoms with E-state index in [1.165, 1.54) is 5.56 Å². The van der Waals surface area contributed by atoms with Gasteiger partial charge >= 0.3 is 0 Å². The molecule has 1 fully saturated rings. The lowest BCUT2D eigenvalue weighted by Crippen LogP contribution is -2.47. The van der Waals surface area contributed by atoms with Crippen molar-refractivity contribution in [2.45, 2.75) is 18.9 Å². The number of hydrogen-bond acceptors (Lipinski definition) is 7. The number of hydrogen-bond donors (Lipinski definition) is 3. The summed E-state index contributed by atoms with van der Waals surface area (Å²) in [5.74, 6) is 1.62. The van der Waals surface area contributed by atoms with Gasteiger partial charge in [-0.05, 0) is 42.8 Å². The normalized spacial score (nSPS) is 19.4. The maximum absolute atomic E-state index is 13.0. The van der Waals surface area contributed by atoms with E-state index in [0.29, 0.717) is 43.0 Å². The molecule has 0 radical (unpaired) electrons. The van der Waals surface area contributed by atoms with Gasteiger partial charge in [-0.1, -0.05) is 24.3 Å². The fraction of sp³-hybridized carbons (Fsp3) is 0.259. The van der Waals surface area contributed by atoms with Crippen LogP contribution in [0.25, 0.3) is 22.3 Å². The lowest BCUT2D eigenvalue weighted by molar-refractivity contribution is 0.00332. The summed E-state index contributed by atoms with van der Waals surface area (Å²) in [5, 5.41) is 8.42. The van der Waals surface area contributed by atoms with Gasteiger partial charge in [-0.25, -0.2) is 9.97 Å². The van der Waals surface area contributed by atoms with Crippen LogP contribution in [0.5, 0.6) is 0 Å². The highest BCUT2D eigenvalue weighted by Crippen LogP contribution is 2.26. The SMILES string of the molecule is CC1COCCN1C(=O)c1cc2ccc(-c3nccc(Nc4ccc(C5C=NNC5)cc4)n3)cc2[nH]1. The number of fused-ring (bicyclic) bond motifs is 1. The molecule has 0 saturated carbocycles. The maximum Gasteiger partial charge on any atom is 0.270 e. The molecular weight excluding hydrogens is 454 g/mol. The number of amides is 1. The third-order valence-electron chi connectivity index (χ3n) is 6.66. The van der Waals surface area contributed by atoms with Crippen LogP contribution >= 0.6 is 0 Å². The predicted octanol–water partition coefficient (Wildman–Crippen LogP) is 3.90. The van der Waals surface area contributed by atoms with E-state index in [2.05, 4.69) is 37.9 Å². The molecule has 2 atom stereocenters. The Morgan fingerprint density at radius 1 is 1.14 bits per heavy atom. The van der Waals surface area contributed by atoms with Crippen LogP contribution < -0.4 is 10.7 Å². The second-order valence-electron chi connectivity index (χ2n) is 9.17. The molecule has 1 amide bonds. The molecule has 182 valence electrons. The van der Waals surface area contributed by atoms with Crippen molar-refractivity contribution in [2.75, 3.05) is 31.6 Å². The second-order valence-corrected chi connectivity index (χ2v) is 9.17. The molecule has 2 aromatic heterocycles. The van der Waals surface area contributed by atoms with E-state index in [-0.39, 0.29) is 11.9 Å². The molecule has 2 aliphatic rings. The number of H-pyrrole nitrogens is 1. The van der Waals surface area contributed by atoms with Gasteiger partial charge in [0.15, 0.2) is 5.82 Å². The molecule has 9 nitrogen and oxygen atoms in total. The first-order valence-electron chi connectivity index (χ1n) is 12.1. The molecule has 0 aliphatic carbocycles. The first kappa shape index (κ1) is 22.2. The van der Waals surface area contributed by atoms with Crippen molar-refractivity contribution in [1.82, 2.24) is 25.3 Å². The van der Waals surface area contributed by atoms with Crippen LogP contribution in [-0.4, -0.2) is 64.3 Å². The average molecular weight is 482 g/mol. The number of carbonyl (C=O) groups is 1. The molecular formula is C27H27N7O2. The smallest absolute Gasteiger partial charge is 0.270 e. The van der Waals surface area contributed by atoms with Crippen molar-refractivity contribution in [3.8, 4) is 11.4 Å². The summed E-state index contributed by atoms with van der Waals surface area (Å²) in [6, 6.07) is 18.0. The quantitative estimate of drug-likeness (QED) is 0.399. The van der Waals surface area contributed by atoms with Crippen molar-refractivity contribution < 1.29 is 9.53 Å². The number of benzene rings is 2. The summed E-state index contributed by atoms with van der Waals surface area (Å²) in [7, 11) is 0. The number of aromatic amines is 1. The van der Waals surface area contributed by atoms with Crippen molar-refractivity contribution in [1.29, 1.82) is 0 Å². The minimum atomic E-state index is -0.00602. The minimum Gasteiger partial charge on any atom is -0.377 e. The Bertz CT molecular complexity index is 1430. The first-order valence-corrected chi connectivity index (χ1v) is 12.1. The second kappa shape index (κ2) is 9.43. The first-order chi connectivity index (χ1) is 17.6. The van der Waals surface area contributed by atoms with E-state index in [4.69, 9.17) is 9.72 Å². The molecule has 3 N–H and O–H groups in total. The molecule has 1 saturated heterocycles. The van der Waals surface area contributed by atoms with Crippen molar-refractivity contribution in [3.63, 3.8) is 0 Å². The number of anilines is 2. The topological polar surface area (TPSA) is 108 Å². The van der Waals surface area contributed by atoms with Crippen LogP contribution in [0.3, 0.4) is 0 Å². The van der Waals surface area contributed by atoms with Gasteiger partial charge in [0, 0.05) is 53.6 Å². The summed E-state index contributed by atoms with van der Waals surface area (Å²) in [4.78, 5) is 27.4. The lowest BCUT2D eigenvalue weighted by Gasteiger charge is -2.32. The highest BCUT2D eigenvalue weighted by molar-refractivity contribution is 5.99. The molecule has 2 aliphatic heterocycles. The molecule has 0 bridgehead atoms. The Morgan fingerprint density at radius 2 is 2.03 bits per heavy atom. The fourth-order valence-corrected chi connectivity index (χ4v) is 4.64.